The molecule has 1 aliphatic rings. The SMILES string of the molecule is NC(=O)CCCC1=CCCC=C1. The lowest BCUT2D eigenvalue weighted by Gasteiger charge is -2.05. The summed E-state index contributed by atoms with van der Waals surface area (Å²) in [5, 5.41) is 0. The largest absolute Gasteiger partial charge is 0.370 e. The van der Waals surface area contributed by atoms with Gasteiger partial charge in [0.15, 0.2) is 0 Å². The molecule has 0 aromatic carbocycles. The van der Waals surface area contributed by atoms with Crippen molar-refractivity contribution < 1.29 is 4.79 Å². The summed E-state index contributed by atoms with van der Waals surface area (Å²) in [5.74, 6) is -0.199. The average Bonchev–Trinajstić information content (AvgIpc) is 2.05. The molecule has 2 heteroatoms. The summed E-state index contributed by atoms with van der Waals surface area (Å²) in [6.45, 7) is 0. The summed E-state index contributed by atoms with van der Waals surface area (Å²) in [6, 6.07) is 0. The number of nitrogens with two attached hydrogens (primary N) is 1. The topological polar surface area (TPSA) is 43.1 Å². The Morgan fingerprint density at radius 1 is 1.50 bits per heavy atom. The fourth-order valence-corrected chi connectivity index (χ4v) is 1.32. The van der Waals surface area contributed by atoms with Crippen LogP contribution < -0.4 is 5.73 Å². The van der Waals surface area contributed by atoms with Gasteiger partial charge in [0.2, 0.25) is 5.91 Å². The molecule has 0 unspecified atom stereocenters. The number of amides is 1. The highest BCUT2D eigenvalue weighted by molar-refractivity contribution is 5.73. The Morgan fingerprint density at radius 3 is 2.92 bits per heavy atom. The molecule has 12 heavy (non-hydrogen) atoms. The molecule has 0 bridgehead atoms. The van der Waals surface area contributed by atoms with Crippen LogP contribution in [-0.2, 0) is 4.79 Å². The van der Waals surface area contributed by atoms with Crippen LogP contribution in [-0.4, -0.2) is 5.91 Å². The van der Waals surface area contributed by atoms with Gasteiger partial charge in [-0.15, -0.1) is 0 Å². The molecule has 1 amide bonds. The molecule has 2 N–H and O–H groups in total. The van der Waals surface area contributed by atoms with Crippen LogP contribution in [0.15, 0.2) is 23.8 Å². The van der Waals surface area contributed by atoms with Crippen molar-refractivity contribution in [1.82, 2.24) is 0 Å². The maximum atomic E-state index is 10.4. The number of hydrogen-bond donors (Lipinski definition) is 1. The standard InChI is InChI=1S/C10H15NO/c11-10(12)8-4-7-9-5-2-1-3-6-9/h2,5-6H,1,3-4,7-8H2,(H2,11,12). The van der Waals surface area contributed by atoms with Gasteiger partial charge in [-0.25, -0.2) is 0 Å². The first-order chi connectivity index (χ1) is 5.79. The molecule has 0 aliphatic heterocycles. The van der Waals surface area contributed by atoms with Crippen molar-refractivity contribution >= 4 is 5.91 Å². The number of carbonyl (C=O) groups is 1. The Labute approximate surface area is 73.1 Å². The molecule has 0 saturated heterocycles. The minimum absolute atomic E-state index is 0.199. The fraction of sp³-hybridized carbons (Fsp3) is 0.500. The van der Waals surface area contributed by atoms with Gasteiger partial charge < -0.3 is 5.73 Å². The number of carbonyl (C=O) groups excluding carboxylic acids is 1. The van der Waals surface area contributed by atoms with Gasteiger partial charge in [-0.05, 0) is 25.7 Å². The molecule has 0 spiro atoms. The van der Waals surface area contributed by atoms with Crippen molar-refractivity contribution in [3.63, 3.8) is 0 Å². The smallest absolute Gasteiger partial charge is 0.217 e. The normalized spacial score (nSPS) is 15.8. The number of allylic oxidation sites excluding steroid dienone is 4. The van der Waals surface area contributed by atoms with E-state index in [-0.39, 0.29) is 5.91 Å². The minimum Gasteiger partial charge on any atom is -0.370 e. The summed E-state index contributed by atoms with van der Waals surface area (Å²) in [7, 11) is 0. The van der Waals surface area contributed by atoms with E-state index in [1.54, 1.807) is 0 Å². The van der Waals surface area contributed by atoms with E-state index in [1.165, 1.54) is 5.57 Å². The molecule has 0 atom stereocenters. The van der Waals surface area contributed by atoms with E-state index in [0.29, 0.717) is 6.42 Å². The first kappa shape index (κ1) is 9.04. The zero-order valence-electron chi connectivity index (χ0n) is 7.25. The van der Waals surface area contributed by atoms with E-state index < -0.39 is 0 Å². The molecule has 0 fully saturated rings. The fourth-order valence-electron chi connectivity index (χ4n) is 1.32. The summed E-state index contributed by atoms with van der Waals surface area (Å²) >= 11 is 0. The molecule has 66 valence electrons. The van der Waals surface area contributed by atoms with E-state index in [0.717, 1.165) is 25.7 Å². The number of rotatable bonds is 4. The van der Waals surface area contributed by atoms with Gasteiger partial charge in [0.05, 0.1) is 0 Å². The third-order valence-electron chi connectivity index (χ3n) is 1.96. The molecule has 0 saturated carbocycles. The van der Waals surface area contributed by atoms with Crippen molar-refractivity contribution in [2.75, 3.05) is 0 Å². The van der Waals surface area contributed by atoms with E-state index in [9.17, 15) is 4.79 Å². The van der Waals surface area contributed by atoms with Crippen molar-refractivity contribution in [1.29, 1.82) is 0 Å². The Kier molecular flexibility index (Phi) is 3.58. The minimum atomic E-state index is -0.199. The molecule has 0 aromatic rings. The van der Waals surface area contributed by atoms with Crippen LogP contribution in [0.25, 0.3) is 0 Å². The molecular weight excluding hydrogens is 150 g/mol. The Hall–Kier alpha value is -1.05. The zero-order chi connectivity index (χ0) is 8.81. The first-order valence-electron chi connectivity index (χ1n) is 4.43. The van der Waals surface area contributed by atoms with Crippen molar-refractivity contribution in [3.8, 4) is 0 Å². The Morgan fingerprint density at radius 2 is 2.33 bits per heavy atom. The van der Waals surface area contributed by atoms with E-state index in [1.807, 2.05) is 0 Å². The van der Waals surface area contributed by atoms with Crippen LogP contribution in [0, 0.1) is 0 Å². The summed E-state index contributed by atoms with van der Waals surface area (Å²) < 4.78 is 0. The molecule has 0 heterocycles. The van der Waals surface area contributed by atoms with Crippen LogP contribution in [0.3, 0.4) is 0 Å². The van der Waals surface area contributed by atoms with E-state index in [4.69, 9.17) is 5.73 Å². The maximum Gasteiger partial charge on any atom is 0.217 e. The average molecular weight is 165 g/mol. The molecular formula is C10H15NO. The summed E-state index contributed by atoms with van der Waals surface area (Å²) in [6.07, 6.45) is 11.2. The van der Waals surface area contributed by atoms with E-state index >= 15 is 0 Å². The Balaban J connectivity index is 2.18. The lowest BCUT2D eigenvalue weighted by Crippen LogP contribution is -2.09. The van der Waals surface area contributed by atoms with Gasteiger partial charge in [-0.2, -0.15) is 0 Å². The monoisotopic (exact) mass is 165 g/mol. The highest BCUT2D eigenvalue weighted by Gasteiger charge is 1.98. The second-order valence-electron chi connectivity index (χ2n) is 3.08. The van der Waals surface area contributed by atoms with Gasteiger partial charge in [0.1, 0.15) is 0 Å². The highest BCUT2D eigenvalue weighted by Crippen LogP contribution is 2.15. The lowest BCUT2D eigenvalue weighted by atomic mass is 10.0. The highest BCUT2D eigenvalue weighted by atomic mass is 16.1. The zero-order valence-corrected chi connectivity index (χ0v) is 7.25. The van der Waals surface area contributed by atoms with E-state index in [2.05, 4.69) is 18.2 Å². The van der Waals surface area contributed by atoms with Crippen molar-refractivity contribution in [2.24, 2.45) is 5.73 Å². The number of hydrogen-bond acceptors (Lipinski definition) is 1. The van der Waals surface area contributed by atoms with Crippen LogP contribution in [0.4, 0.5) is 0 Å². The van der Waals surface area contributed by atoms with Gasteiger partial charge in [0.25, 0.3) is 0 Å². The quantitative estimate of drug-likeness (QED) is 0.679. The molecule has 1 rings (SSSR count). The predicted molar refractivity (Wildman–Crippen MR) is 49.5 cm³/mol. The number of primary amides is 1. The van der Waals surface area contributed by atoms with Gasteiger partial charge >= 0.3 is 0 Å². The van der Waals surface area contributed by atoms with Gasteiger partial charge in [-0.1, -0.05) is 23.8 Å². The van der Waals surface area contributed by atoms with Crippen LogP contribution >= 0.6 is 0 Å². The predicted octanol–water partition coefficient (Wildman–Crippen LogP) is 1.92. The lowest BCUT2D eigenvalue weighted by molar-refractivity contribution is -0.118. The molecule has 2 nitrogen and oxygen atoms in total. The van der Waals surface area contributed by atoms with Gasteiger partial charge in [-0.3, -0.25) is 4.79 Å². The summed E-state index contributed by atoms with van der Waals surface area (Å²) in [4.78, 5) is 10.4. The second kappa shape index (κ2) is 4.75. The first-order valence-corrected chi connectivity index (χ1v) is 4.43. The van der Waals surface area contributed by atoms with Crippen molar-refractivity contribution in [2.45, 2.75) is 32.1 Å². The second-order valence-corrected chi connectivity index (χ2v) is 3.08. The summed E-state index contributed by atoms with van der Waals surface area (Å²) in [5.41, 5.74) is 6.38. The third-order valence-corrected chi connectivity index (χ3v) is 1.96. The molecule has 1 aliphatic carbocycles. The Bertz CT molecular complexity index is 216. The van der Waals surface area contributed by atoms with Crippen LogP contribution in [0.1, 0.15) is 32.1 Å². The van der Waals surface area contributed by atoms with Crippen LogP contribution in [0.5, 0.6) is 0 Å². The van der Waals surface area contributed by atoms with Crippen LogP contribution in [0.2, 0.25) is 0 Å². The molecule has 0 aromatic heterocycles. The van der Waals surface area contributed by atoms with Gasteiger partial charge in [0, 0.05) is 6.42 Å². The maximum absolute atomic E-state index is 10.4. The molecule has 0 radical (unpaired) electrons. The van der Waals surface area contributed by atoms with Crippen molar-refractivity contribution in [3.05, 3.63) is 23.8 Å². The third kappa shape index (κ3) is 3.37.